The average Bonchev–Trinajstić information content (AvgIpc) is 3.06. The molecule has 0 saturated carbocycles. The lowest BCUT2D eigenvalue weighted by Crippen LogP contribution is -2.55. The fraction of sp³-hybridized carbons (Fsp3) is 0.417. The Kier molecular flexibility index (Phi) is 14.3. The number of nitrogens with zero attached hydrogens (tertiary/aromatic N) is 1. The van der Waals surface area contributed by atoms with Gasteiger partial charge in [0.05, 0.1) is 36.2 Å². The van der Waals surface area contributed by atoms with Gasteiger partial charge < -0.3 is 31.5 Å². The Bertz CT molecular complexity index is 1650. The molecule has 0 aliphatic heterocycles. The van der Waals surface area contributed by atoms with Crippen LogP contribution in [0.25, 0.3) is 0 Å². The van der Waals surface area contributed by atoms with E-state index in [2.05, 4.69) is 21.3 Å². The topological polar surface area (TPSA) is 177 Å². The molecule has 0 aliphatic carbocycles. The van der Waals surface area contributed by atoms with Crippen LogP contribution in [0.2, 0.25) is 0 Å². The minimum Gasteiger partial charge on any atom is -0.391 e. The second-order valence-corrected chi connectivity index (χ2v) is 14.7. The summed E-state index contributed by atoms with van der Waals surface area (Å²) < 4.78 is 25.9. The van der Waals surface area contributed by atoms with Gasteiger partial charge in [0, 0.05) is 31.3 Å². The summed E-state index contributed by atoms with van der Waals surface area (Å²) in [6.45, 7) is 7.44. The van der Waals surface area contributed by atoms with Crippen LogP contribution >= 0.6 is 0 Å². The van der Waals surface area contributed by atoms with E-state index in [-0.39, 0.29) is 41.7 Å². The SMILES string of the molecule is CC(C)CNC(=O)[C@@H](NC[C@@H](O)[C@H](Cc1ccccc1)NC(=O)c1cc(C(=O)N[C@H](C)c2ccccc2)cc(N(C)S(C)(=O)=O)c1)[C@H](C)O. The molecule has 3 rings (SSSR count). The van der Waals surface area contributed by atoms with Crippen LogP contribution in [0.5, 0.6) is 0 Å². The summed E-state index contributed by atoms with van der Waals surface area (Å²) in [6, 6.07) is 20.3. The molecule has 13 heteroatoms. The minimum absolute atomic E-state index is 0.00125. The lowest BCUT2D eigenvalue weighted by Gasteiger charge is -2.28. The maximum atomic E-state index is 13.8. The van der Waals surface area contributed by atoms with E-state index in [1.54, 1.807) is 0 Å². The van der Waals surface area contributed by atoms with Crippen molar-refractivity contribution in [3.05, 3.63) is 101 Å². The van der Waals surface area contributed by atoms with Crippen LogP contribution in [-0.4, -0.2) is 87.0 Å². The summed E-state index contributed by atoms with van der Waals surface area (Å²) in [5, 5.41) is 33.1. The summed E-state index contributed by atoms with van der Waals surface area (Å²) in [5.41, 5.74) is 1.84. The molecule has 5 atom stereocenters. The number of carbonyl (C=O) groups excluding carboxylic acids is 3. The van der Waals surface area contributed by atoms with Crippen molar-refractivity contribution in [2.24, 2.45) is 5.92 Å². The number of aliphatic hydroxyl groups is 2. The molecule has 0 aliphatic rings. The molecule has 0 aromatic heterocycles. The number of aliphatic hydroxyl groups excluding tert-OH is 2. The third-order valence-electron chi connectivity index (χ3n) is 8.03. The van der Waals surface area contributed by atoms with Crippen LogP contribution in [0.15, 0.2) is 78.9 Å². The Balaban J connectivity index is 1.91. The van der Waals surface area contributed by atoms with Crippen molar-refractivity contribution in [1.82, 2.24) is 21.3 Å². The molecule has 3 aromatic rings. The molecule has 0 fully saturated rings. The standard InChI is InChI=1S/C36H49N5O7S/c1-23(2)21-38-36(46)33(25(4)42)37-22-32(43)31(17-26-13-9-7-10-14-26)40-35(45)29-18-28(19-30(20-29)41(5)49(6,47)48)34(44)39-24(3)27-15-11-8-12-16-27/h7-16,18-20,23-25,31-33,37,42-43H,17,21-22H2,1-6H3,(H,38,46)(H,39,44)(H,40,45)/t24-,25+,31+,32-,33+/m1/s1. The first-order valence-electron chi connectivity index (χ1n) is 16.2. The lowest BCUT2D eigenvalue weighted by atomic mass is 9.99. The molecule has 0 unspecified atom stereocenters. The largest absolute Gasteiger partial charge is 0.391 e. The van der Waals surface area contributed by atoms with Gasteiger partial charge in [0.25, 0.3) is 11.8 Å². The molecule has 3 aromatic carbocycles. The van der Waals surface area contributed by atoms with Crippen LogP contribution in [-0.2, 0) is 21.2 Å². The zero-order valence-electron chi connectivity index (χ0n) is 28.9. The Morgan fingerprint density at radius 3 is 1.88 bits per heavy atom. The fourth-order valence-electron chi connectivity index (χ4n) is 5.04. The quantitative estimate of drug-likeness (QED) is 0.125. The highest BCUT2D eigenvalue weighted by molar-refractivity contribution is 7.92. The number of hydrogen-bond donors (Lipinski definition) is 6. The van der Waals surface area contributed by atoms with Crippen molar-refractivity contribution in [1.29, 1.82) is 0 Å². The molecule has 12 nitrogen and oxygen atoms in total. The van der Waals surface area contributed by atoms with E-state index in [0.717, 1.165) is 21.7 Å². The Morgan fingerprint density at radius 2 is 1.35 bits per heavy atom. The summed E-state index contributed by atoms with van der Waals surface area (Å²) in [6.07, 6.45) is -1.07. The van der Waals surface area contributed by atoms with E-state index < -0.39 is 52.0 Å². The minimum atomic E-state index is -3.75. The maximum absolute atomic E-state index is 13.8. The molecule has 0 heterocycles. The van der Waals surface area contributed by atoms with Gasteiger partial charge in [-0.2, -0.15) is 0 Å². The van der Waals surface area contributed by atoms with Crippen LogP contribution in [0.1, 0.15) is 65.6 Å². The number of nitrogens with one attached hydrogen (secondary N) is 4. The van der Waals surface area contributed by atoms with Gasteiger partial charge in [-0.1, -0.05) is 74.5 Å². The van der Waals surface area contributed by atoms with E-state index in [1.165, 1.54) is 32.2 Å². The van der Waals surface area contributed by atoms with Crippen molar-refractivity contribution < 1.29 is 33.0 Å². The Morgan fingerprint density at radius 1 is 0.796 bits per heavy atom. The highest BCUT2D eigenvalue weighted by Gasteiger charge is 2.28. The molecule has 0 bridgehead atoms. The molecule has 266 valence electrons. The first-order valence-corrected chi connectivity index (χ1v) is 18.1. The number of rotatable bonds is 17. The van der Waals surface area contributed by atoms with Crippen molar-refractivity contribution in [2.45, 2.75) is 64.4 Å². The number of hydrogen-bond acceptors (Lipinski definition) is 8. The van der Waals surface area contributed by atoms with E-state index in [0.29, 0.717) is 6.54 Å². The molecule has 0 saturated heterocycles. The van der Waals surface area contributed by atoms with Crippen molar-refractivity contribution >= 4 is 33.4 Å². The predicted octanol–water partition coefficient (Wildman–Crippen LogP) is 2.39. The summed E-state index contributed by atoms with van der Waals surface area (Å²) in [7, 11) is -2.43. The van der Waals surface area contributed by atoms with Crippen molar-refractivity contribution in [2.75, 3.05) is 30.7 Å². The molecule has 6 N–H and O–H groups in total. The van der Waals surface area contributed by atoms with Gasteiger partial charge in [0.2, 0.25) is 15.9 Å². The third-order valence-corrected chi connectivity index (χ3v) is 9.23. The third kappa shape index (κ3) is 12.0. The van der Waals surface area contributed by atoms with Gasteiger partial charge >= 0.3 is 0 Å². The number of sulfonamides is 1. The molecule has 3 amide bonds. The predicted molar refractivity (Wildman–Crippen MR) is 191 cm³/mol. The first-order chi connectivity index (χ1) is 23.1. The molecule has 0 radical (unpaired) electrons. The van der Waals surface area contributed by atoms with E-state index >= 15 is 0 Å². The van der Waals surface area contributed by atoms with Crippen LogP contribution in [0, 0.1) is 5.92 Å². The van der Waals surface area contributed by atoms with Gasteiger partial charge in [-0.15, -0.1) is 0 Å². The lowest BCUT2D eigenvalue weighted by molar-refractivity contribution is -0.125. The first kappa shape index (κ1) is 39.1. The number of benzene rings is 3. The Hall–Kier alpha value is -4.30. The van der Waals surface area contributed by atoms with Gasteiger partial charge in [-0.25, -0.2) is 8.42 Å². The molecule has 49 heavy (non-hydrogen) atoms. The van der Waals surface area contributed by atoms with Gasteiger partial charge in [-0.05, 0) is 55.5 Å². The highest BCUT2D eigenvalue weighted by atomic mass is 32.2. The maximum Gasteiger partial charge on any atom is 0.251 e. The van der Waals surface area contributed by atoms with Gasteiger partial charge in [0.1, 0.15) is 6.04 Å². The summed E-state index contributed by atoms with van der Waals surface area (Å²) in [5.74, 6) is -1.39. The fourth-order valence-corrected chi connectivity index (χ4v) is 5.53. The Labute approximate surface area is 289 Å². The number of anilines is 1. The average molecular weight is 696 g/mol. The second-order valence-electron chi connectivity index (χ2n) is 12.7. The van der Waals surface area contributed by atoms with E-state index in [4.69, 9.17) is 0 Å². The zero-order valence-corrected chi connectivity index (χ0v) is 29.7. The molecular formula is C36H49N5O7S. The van der Waals surface area contributed by atoms with Crippen LogP contribution in [0.4, 0.5) is 5.69 Å². The normalized spacial score (nSPS) is 14.6. The highest BCUT2D eigenvalue weighted by Crippen LogP contribution is 2.22. The van der Waals surface area contributed by atoms with Crippen molar-refractivity contribution in [3.63, 3.8) is 0 Å². The monoisotopic (exact) mass is 695 g/mol. The molecule has 0 spiro atoms. The second kappa shape index (κ2) is 17.9. The number of amides is 3. The smallest absolute Gasteiger partial charge is 0.251 e. The van der Waals surface area contributed by atoms with E-state index in [9.17, 15) is 33.0 Å². The molecular weight excluding hydrogens is 646 g/mol. The van der Waals surface area contributed by atoms with Gasteiger partial charge in [-0.3, -0.25) is 18.7 Å². The van der Waals surface area contributed by atoms with Gasteiger partial charge in [0.15, 0.2) is 0 Å². The van der Waals surface area contributed by atoms with Crippen molar-refractivity contribution in [3.8, 4) is 0 Å². The van der Waals surface area contributed by atoms with Crippen LogP contribution in [0.3, 0.4) is 0 Å². The summed E-state index contributed by atoms with van der Waals surface area (Å²) >= 11 is 0. The zero-order chi connectivity index (χ0) is 36.3. The van der Waals surface area contributed by atoms with E-state index in [1.807, 2.05) is 81.4 Å². The summed E-state index contributed by atoms with van der Waals surface area (Å²) in [4.78, 5) is 40.0. The number of carbonyl (C=O) groups is 3. The van der Waals surface area contributed by atoms with Crippen LogP contribution < -0.4 is 25.6 Å².